The molecule has 0 amide bonds. The summed E-state index contributed by atoms with van der Waals surface area (Å²) in [5.74, 6) is 3.74. The van der Waals surface area contributed by atoms with Gasteiger partial charge in [-0.05, 0) is 77.5 Å². The molecule has 6 heteroatoms. The van der Waals surface area contributed by atoms with Crippen LogP contribution in [0, 0.1) is 5.92 Å². The van der Waals surface area contributed by atoms with Gasteiger partial charge in [-0.1, -0.05) is 0 Å². The Kier molecular flexibility index (Phi) is 5.39. The molecule has 2 saturated heterocycles. The molecule has 0 aromatic carbocycles. The SMILES string of the molecule is CCn1c(CN2CCC(CN3CCCC3)CC2)nnc1C1CC(N)C1. The van der Waals surface area contributed by atoms with Crippen LogP contribution in [0.1, 0.15) is 63.0 Å². The van der Waals surface area contributed by atoms with Crippen LogP contribution < -0.4 is 5.73 Å². The van der Waals surface area contributed by atoms with Crippen LogP contribution in [0.15, 0.2) is 0 Å². The summed E-state index contributed by atoms with van der Waals surface area (Å²) in [6, 6.07) is 0.366. The molecule has 1 aliphatic carbocycles. The van der Waals surface area contributed by atoms with Crippen molar-refractivity contribution < 1.29 is 0 Å². The van der Waals surface area contributed by atoms with E-state index in [1.165, 1.54) is 64.2 Å². The van der Waals surface area contributed by atoms with E-state index in [0.29, 0.717) is 12.0 Å². The Balaban J connectivity index is 1.29. The molecule has 25 heavy (non-hydrogen) atoms. The first kappa shape index (κ1) is 17.4. The molecule has 1 aromatic rings. The van der Waals surface area contributed by atoms with Crippen molar-refractivity contribution in [3.63, 3.8) is 0 Å². The minimum absolute atomic E-state index is 0.366. The van der Waals surface area contributed by atoms with Crippen molar-refractivity contribution in [1.82, 2.24) is 24.6 Å². The second-order valence-corrected chi connectivity index (χ2v) is 8.37. The van der Waals surface area contributed by atoms with Crippen LogP contribution >= 0.6 is 0 Å². The number of hydrogen-bond acceptors (Lipinski definition) is 5. The van der Waals surface area contributed by atoms with Gasteiger partial charge in [0.25, 0.3) is 0 Å². The maximum Gasteiger partial charge on any atom is 0.147 e. The highest BCUT2D eigenvalue weighted by Crippen LogP contribution is 2.35. The quantitative estimate of drug-likeness (QED) is 0.851. The number of aromatic nitrogens is 3. The van der Waals surface area contributed by atoms with Gasteiger partial charge in [-0.3, -0.25) is 4.90 Å². The predicted octanol–water partition coefficient (Wildman–Crippen LogP) is 1.81. The molecule has 140 valence electrons. The van der Waals surface area contributed by atoms with Gasteiger partial charge >= 0.3 is 0 Å². The summed E-state index contributed by atoms with van der Waals surface area (Å²) in [6.07, 6.45) is 7.61. The van der Waals surface area contributed by atoms with Crippen molar-refractivity contribution in [2.75, 3.05) is 32.7 Å². The molecule has 3 aliphatic rings. The Morgan fingerprint density at radius 2 is 1.72 bits per heavy atom. The molecule has 3 fully saturated rings. The lowest BCUT2D eigenvalue weighted by Crippen LogP contribution is -2.38. The van der Waals surface area contributed by atoms with E-state index in [-0.39, 0.29) is 0 Å². The van der Waals surface area contributed by atoms with E-state index in [1.807, 2.05) is 0 Å². The van der Waals surface area contributed by atoms with Crippen LogP contribution in [-0.4, -0.2) is 63.3 Å². The first-order valence-corrected chi connectivity index (χ1v) is 10.3. The molecule has 0 spiro atoms. The normalized spacial score (nSPS) is 29.2. The van der Waals surface area contributed by atoms with Crippen LogP contribution in [0.5, 0.6) is 0 Å². The number of rotatable bonds is 6. The molecule has 0 radical (unpaired) electrons. The lowest BCUT2D eigenvalue weighted by atomic mass is 9.80. The first-order chi connectivity index (χ1) is 12.2. The van der Waals surface area contributed by atoms with E-state index in [4.69, 9.17) is 5.73 Å². The summed E-state index contributed by atoms with van der Waals surface area (Å²) in [5, 5.41) is 9.05. The highest BCUT2D eigenvalue weighted by Gasteiger charge is 2.32. The Labute approximate surface area is 151 Å². The van der Waals surface area contributed by atoms with E-state index in [2.05, 4.69) is 31.5 Å². The zero-order chi connectivity index (χ0) is 17.2. The van der Waals surface area contributed by atoms with Crippen LogP contribution in [0.25, 0.3) is 0 Å². The fourth-order valence-electron chi connectivity index (χ4n) is 4.84. The van der Waals surface area contributed by atoms with E-state index in [9.17, 15) is 0 Å². The van der Waals surface area contributed by atoms with E-state index < -0.39 is 0 Å². The Morgan fingerprint density at radius 1 is 1.00 bits per heavy atom. The van der Waals surface area contributed by atoms with Crippen molar-refractivity contribution in [1.29, 1.82) is 0 Å². The molecule has 2 N–H and O–H groups in total. The maximum atomic E-state index is 5.96. The minimum atomic E-state index is 0.366. The standard InChI is InChI=1S/C19H34N6/c1-2-25-18(21-22-19(25)16-11-17(20)12-16)14-24-9-5-15(6-10-24)13-23-7-3-4-8-23/h15-17H,2-14,20H2,1H3. The summed E-state index contributed by atoms with van der Waals surface area (Å²) in [4.78, 5) is 5.25. The predicted molar refractivity (Wildman–Crippen MR) is 99.3 cm³/mol. The van der Waals surface area contributed by atoms with Gasteiger partial charge in [-0.15, -0.1) is 10.2 Å². The van der Waals surface area contributed by atoms with Crippen molar-refractivity contribution in [3.8, 4) is 0 Å². The molecular formula is C19H34N6. The highest BCUT2D eigenvalue weighted by molar-refractivity contribution is 5.08. The molecule has 4 rings (SSSR count). The third-order valence-electron chi connectivity index (χ3n) is 6.50. The van der Waals surface area contributed by atoms with Gasteiger partial charge in [0.1, 0.15) is 11.6 Å². The topological polar surface area (TPSA) is 63.2 Å². The zero-order valence-corrected chi connectivity index (χ0v) is 15.7. The third-order valence-corrected chi connectivity index (χ3v) is 6.50. The molecular weight excluding hydrogens is 312 g/mol. The fourth-order valence-corrected chi connectivity index (χ4v) is 4.84. The summed E-state index contributed by atoms with van der Waals surface area (Å²) >= 11 is 0. The van der Waals surface area contributed by atoms with Crippen molar-refractivity contribution >= 4 is 0 Å². The van der Waals surface area contributed by atoms with Crippen LogP contribution in [0.2, 0.25) is 0 Å². The summed E-state index contributed by atoms with van der Waals surface area (Å²) in [7, 11) is 0. The molecule has 3 heterocycles. The van der Waals surface area contributed by atoms with E-state index >= 15 is 0 Å². The monoisotopic (exact) mass is 346 g/mol. The number of piperidine rings is 1. The molecule has 6 nitrogen and oxygen atoms in total. The number of nitrogens with zero attached hydrogens (tertiary/aromatic N) is 5. The Morgan fingerprint density at radius 3 is 2.36 bits per heavy atom. The highest BCUT2D eigenvalue weighted by atomic mass is 15.3. The average molecular weight is 347 g/mol. The third kappa shape index (κ3) is 3.91. The maximum absolute atomic E-state index is 5.96. The Hall–Kier alpha value is -0.980. The van der Waals surface area contributed by atoms with Gasteiger partial charge in [-0.2, -0.15) is 0 Å². The van der Waals surface area contributed by atoms with Crippen LogP contribution in [0.4, 0.5) is 0 Å². The smallest absolute Gasteiger partial charge is 0.147 e. The Bertz CT molecular complexity index is 550. The fraction of sp³-hybridized carbons (Fsp3) is 0.895. The molecule has 1 saturated carbocycles. The molecule has 0 unspecified atom stereocenters. The largest absolute Gasteiger partial charge is 0.328 e. The van der Waals surface area contributed by atoms with Gasteiger partial charge in [0.05, 0.1) is 6.54 Å². The number of likely N-dealkylation sites (tertiary alicyclic amines) is 2. The van der Waals surface area contributed by atoms with E-state index in [0.717, 1.165) is 37.7 Å². The molecule has 0 atom stereocenters. The van der Waals surface area contributed by atoms with Gasteiger partial charge in [0.15, 0.2) is 0 Å². The average Bonchev–Trinajstić information content (AvgIpc) is 3.23. The summed E-state index contributed by atoms with van der Waals surface area (Å²) in [6.45, 7) is 10.5. The molecule has 2 aliphatic heterocycles. The van der Waals surface area contributed by atoms with Crippen molar-refractivity contribution in [3.05, 3.63) is 11.6 Å². The van der Waals surface area contributed by atoms with Crippen molar-refractivity contribution in [2.45, 2.75) is 70.5 Å². The zero-order valence-electron chi connectivity index (χ0n) is 15.7. The first-order valence-electron chi connectivity index (χ1n) is 10.3. The second kappa shape index (κ2) is 7.72. The minimum Gasteiger partial charge on any atom is -0.328 e. The lowest BCUT2D eigenvalue weighted by Gasteiger charge is -2.34. The van der Waals surface area contributed by atoms with Gasteiger partial charge in [0, 0.05) is 25.0 Å². The van der Waals surface area contributed by atoms with Gasteiger partial charge < -0.3 is 15.2 Å². The summed E-state index contributed by atoms with van der Waals surface area (Å²) < 4.78 is 2.34. The van der Waals surface area contributed by atoms with Crippen LogP contribution in [0.3, 0.4) is 0 Å². The molecule has 0 bridgehead atoms. The number of hydrogen-bond donors (Lipinski definition) is 1. The lowest BCUT2D eigenvalue weighted by molar-refractivity contribution is 0.145. The van der Waals surface area contributed by atoms with E-state index in [1.54, 1.807) is 0 Å². The second-order valence-electron chi connectivity index (χ2n) is 8.37. The van der Waals surface area contributed by atoms with Crippen molar-refractivity contribution in [2.24, 2.45) is 11.7 Å². The molecule has 1 aromatic heterocycles. The van der Waals surface area contributed by atoms with Gasteiger partial charge in [-0.25, -0.2) is 0 Å². The van der Waals surface area contributed by atoms with Gasteiger partial charge in [0.2, 0.25) is 0 Å². The number of nitrogens with two attached hydrogens (primary N) is 1. The van der Waals surface area contributed by atoms with Crippen LogP contribution in [-0.2, 0) is 13.1 Å². The summed E-state index contributed by atoms with van der Waals surface area (Å²) in [5.41, 5.74) is 5.96.